The van der Waals surface area contributed by atoms with Crippen molar-refractivity contribution in [2.45, 2.75) is 13.3 Å². The summed E-state index contributed by atoms with van der Waals surface area (Å²) in [4.78, 5) is 11.5. The number of carbonyl (C=O) groups is 1. The molecular weight excluding hydrogens is 280 g/mol. The summed E-state index contributed by atoms with van der Waals surface area (Å²) in [6, 6.07) is 7.02. The Balaban J connectivity index is 2.23. The second kappa shape index (κ2) is 7.74. The molecule has 1 aromatic carbocycles. The highest BCUT2D eigenvalue weighted by Gasteiger charge is 2.08. The van der Waals surface area contributed by atoms with E-state index in [9.17, 15) is 13.2 Å². The van der Waals surface area contributed by atoms with Gasteiger partial charge in [-0.3, -0.25) is 4.79 Å². The van der Waals surface area contributed by atoms with Crippen LogP contribution in [0.1, 0.15) is 13.3 Å². The number of hydrogen-bond acceptors (Lipinski definition) is 5. The van der Waals surface area contributed by atoms with Crippen molar-refractivity contribution in [3.05, 3.63) is 24.3 Å². The number of benzene rings is 1. The van der Waals surface area contributed by atoms with E-state index >= 15 is 0 Å². The van der Waals surface area contributed by atoms with Crippen LogP contribution in [0.4, 0.5) is 5.69 Å². The summed E-state index contributed by atoms with van der Waals surface area (Å²) in [7, 11) is -3.05. The number of rotatable bonds is 8. The van der Waals surface area contributed by atoms with Crippen LogP contribution >= 0.6 is 0 Å². The summed E-state index contributed by atoms with van der Waals surface area (Å²) in [6.45, 7) is 1.90. The van der Waals surface area contributed by atoms with Crippen molar-refractivity contribution in [2.75, 3.05) is 30.4 Å². The van der Waals surface area contributed by atoms with Gasteiger partial charge in [-0.1, -0.05) is 19.1 Å². The van der Waals surface area contributed by atoms with Gasteiger partial charge in [-0.2, -0.15) is 0 Å². The summed E-state index contributed by atoms with van der Waals surface area (Å²) in [5.74, 6) is 0.334. The summed E-state index contributed by atoms with van der Waals surface area (Å²) in [6.07, 6.45) is 0.153. The molecule has 0 unspecified atom stereocenters. The molecule has 0 spiro atoms. The highest BCUT2D eigenvalue weighted by atomic mass is 32.2. The third kappa shape index (κ3) is 5.92. The molecule has 1 amide bonds. The highest BCUT2D eigenvalue weighted by molar-refractivity contribution is 7.91. The first kappa shape index (κ1) is 16.3. The number of ether oxygens (including phenoxy) is 1. The van der Waals surface area contributed by atoms with Crippen LogP contribution in [-0.2, 0) is 14.6 Å². The third-order valence-corrected chi connectivity index (χ3v) is 4.39. The second-order valence-electron chi connectivity index (χ2n) is 4.22. The summed E-state index contributed by atoms with van der Waals surface area (Å²) in [5, 5.41) is 2.54. The van der Waals surface area contributed by atoms with Gasteiger partial charge >= 0.3 is 0 Å². The van der Waals surface area contributed by atoms with E-state index in [1.54, 1.807) is 31.2 Å². The number of nitrogens with one attached hydrogen (secondary N) is 1. The molecule has 0 radical (unpaired) electrons. The van der Waals surface area contributed by atoms with Gasteiger partial charge in [-0.15, -0.1) is 0 Å². The fourth-order valence-electron chi connectivity index (χ4n) is 1.44. The Morgan fingerprint density at radius 1 is 1.35 bits per heavy atom. The molecule has 0 aromatic heterocycles. The standard InChI is InChI=1S/C13H20N2O4S/c1-2-20(17,18)10-8-15-13(16)7-9-19-12-6-4-3-5-11(12)14/h3-6H,2,7-10,14H2,1H3,(H,15,16). The van der Waals surface area contributed by atoms with E-state index in [2.05, 4.69) is 5.32 Å². The van der Waals surface area contributed by atoms with Crippen LogP contribution in [0, 0.1) is 0 Å². The zero-order chi connectivity index (χ0) is 15.0. The molecule has 1 rings (SSSR count). The molecular formula is C13H20N2O4S. The quantitative estimate of drug-likeness (QED) is 0.685. The van der Waals surface area contributed by atoms with E-state index in [1.807, 2.05) is 0 Å². The smallest absolute Gasteiger partial charge is 0.223 e. The van der Waals surface area contributed by atoms with Gasteiger partial charge in [-0.05, 0) is 12.1 Å². The number of para-hydroxylation sites is 2. The van der Waals surface area contributed by atoms with Gasteiger partial charge in [0.1, 0.15) is 5.75 Å². The minimum absolute atomic E-state index is 0.0399. The fourth-order valence-corrected chi connectivity index (χ4v) is 2.15. The maximum absolute atomic E-state index is 11.5. The number of anilines is 1. The lowest BCUT2D eigenvalue weighted by Crippen LogP contribution is -2.30. The van der Waals surface area contributed by atoms with Gasteiger partial charge in [-0.25, -0.2) is 8.42 Å². The Morgan fingerprint density at radius 2 is 2.05 bits per heavy atom. The number of sulfone groups is 1. The third-order valence-electron chi connectivity index (χ3n) is 2.68. The van der Waals surface area contributed by atoms with Crippen molar-refractivity contribution in [2.24, 2.45) is 0 Å². The Hall–Kier alpha value is -1.76. The highest BCUT2D eigenvalue weighted by Crippen LogP contribution is 2.19. The molecule has 0 fully saturated rings. The minimum Gasteiger partial charge on any atom is -0.491 e. The van der Waals surface area contributed by atoms with Crippen molar-refractivity contribution >= 4 is 21.4 Å². The first-order chi connectivity index (χ1) is 9.44. The molecule has 20 heavy (non-hydrogen) atoms. The van der Waals surface area contributed by atoms with Crippen LogP contribution in [0.3, 0.4) is 0 Å². The molecule has 3 N–H and O–H groups in total. The molecule has 6 nitrogen and oxygen atoms in total. The molecule has 112 valence electrons. The summed E-state index contributed by atoms with van der Waals surface area (Å²) in [5.41, 5.74) is 6.20. The average Bonchev–Trinajstić information content (AvgIpc) is 2.41. The Labute approximate surface area is 119 Å². The largest absolute Gasteiger partial charge is 0.491 e. The predicted octanol–water partition coefficient (Wildman–Crippen LogP) is 0.589. The summed E-state index contributed by atoms with van der Waals surface area (Å²) >= 11 is 0. The van der Waals surface area contributed by atoms with Gasteiger partial charge in [0.25, 0.3) is 0 Å². The number of nitrogens with two attached hydrogens (primary N) is 1. The molecule has 0 saturated carbocycles. The van der Waals surface area contributed by atoms with Crippen molar-refractivity contribution in [3.8, 4) is 5.75 Å². The topological polar surface area (TPSA) is 98.5 Å². The first-order valence-corrected chi connectivity index (χ1v) is 8.21. The van der Waals surface area contributed by atoms with Crippen molar-refractivity contribution in [1.29, 1.82) is 0 Å². The molecule has 1 aromatic rings. The van der Waals surface area contributed by atoms with Crippen LogP contribution in [0.2, 0.25) is 0 Å². The van der Waals surface area contributed by atoms with E-state index in [0.717, 1.165) is 0 Å². The van der Waals surface area contributed by atoms with Crippen LogP contribution in [-0.4, -0.2) is 39.0 Å². The Kier molecular flexibility index (Phi) is 6.30. The number of nitrogen functional groups attached to an aromatic ring is 1. The van der Waals surface area contributed by atoms with E-state index < -0.39 is 9.84 Å². The first-order valence-electron chi connectivity index (χ1n) is 6.39. The average molecular weight is 300 g/mol. The SMILES string of the molecule is CCS(=O)(=O)CCNC(=O)CCOc1ccccc1N. The summed E-state index contributed by atoms with van der Waals surface area (Å²) < 4.78 is 27.8. The lowest BCUT2D eigenvalue weighted by atomic mass is 10.3. The molecule has 0 saturated heterocycles. The van der Waals surface area contributed by atoms with Crippen molar-refractivity contribution < 1.29 is 17.9 Å². The fraction of sp³-hybridized carbons (Fsp3) is 0.462. The lowest BCUT2D eigenvalue weighted by molar-refractivity contribution is -0.121. The second-order valence-corrected chi connectivity index (χ2v) is 6.70. The van der Waals surface area contributed by atoms with Crippen LogP contribution in [0.25, 0.3) is 0 Å². The zero-order valence-electron chi connectivity index (χ0n) is 11.5. The molecule has 0 heterocycles. The van der Waals surface area contributed by atoms with Crippen LogP contribution in [0.15, 0.2) is 24.3 Å². The molecule has 0 aliphatic heterocycles. The molecule has 0 atom stereocenters. The van der Waals surface area contributed by atoms with E-state index in [0.29, 0.717) is 11.4 Å². The Morgan fingerprint density at radius 3 is 2.70 bits per heavy atom. The monoisotopic (exact) mass is 300 g/mol. The molecule has 0 aliphatic carbocycles. The van der Waals surface area contributed by atoms with E-state index in [-0.39, 0.29) is 37.0 Å². The number of amides is 1. The maximum Gasteiger partial charge on any atom is 0.223 e. The molecule has 7 heteroatoms. The van der Waals surface area contributed by atoms with Crippen LogP contribution in [0.5, 0.6) is 5.75 Å². The number of carbonyl (C=O) groups excluding carboxylic acids is 1. The van der Waals surface area contributed by atoms with Gasteiger partial charge < -0.3 is 15.8 Å². The Bertz CT molecular complexity index is 543. The molecule has 0 bridgehead atoms. The van der Waals surface area contributed by atoms with Gasteiger partial charge in [0.05, 0.1) is 24.5 Å². The van der Waals surface area contributed by atoms with E-state index in [1.165, 1.54) is 0 Å². The van der Waals surface area contributed by atoms with E-state index in [4.69, 9.17) is 10.5 Å². The molecule has 0 aliphatic rings. The van der Waals surface area contributed by atoms with Crippen LogP contribution < -0.4 is 15.8 Å². The maximum atomic E-state index is 11.5. The van der Waals surface area contributed by atoms with Crippen molar-refractivity contribution in [1.82, 2.24) is 5.32 Å². The number of hydrogen-bond donors (Lipinski definition) is 2. The minimum atomic E-state index is -3.05. The lowest BCUT2D eigenvalue weighted by Gasteiger charge is -2.09. The predicted molar refractivity (Wildman–Crippen MR) is 78.3 cm³/mol. The van der Waals surface area contributed by atoms with Gasteiger partial charge in [0.15, 0.2) is 9.84 Å². The zero-order valence-corrected chi connectivity index (χ0v) is 12.3. The van der Waals surface area contributed by atoms with Gasteiger partial charge in [0.2, 0.25) is 5.91 Å². The van der Waals surface area contributed by atoms with Crippen molar-refractivity contribution in [3.63, 3.8) is 0 Å². The van der Waals surface area contributed by atoms with Gasteiger partial charge in [0, 0.05) is 12.3 Å². The normalized spacial score (nSPS) is 11.1.